The highest BCUT2D eigenvalue weighted by Gasteiger charge is 2.19. The van der Waals surface area contributed by atoms with Gasteiger partial charge in [-0.3, -0.25) is 0 Å². The number of benzene rings is 1. The number of nitrogens with zero attached hydrogens (tertiary/aromatic N) is 1. The number of halogens is 3. The Balaban J connectivity index is 2.25. The third-order valence-electron chi connectivity index (χ3n) is 3.65. The summed E-state index contributed by atoms with van der Waals surface area (Å²) in [5, 5.41) is 0. The molecule has 1 unspecified atom stereocenters. The maximum absolute atomic E-state index is 13.5. The standard InChI is InChI=1S/C14H19F3N2O/c1-9-3-2-5-19(6-4-9)12-8-13(20-14(16)17)10(15)7-11(12)18/h7-9,14H,2-6,18H2,1H3. The van der Waals surface area contributed by atoms with Crippen molar-refractivity contribution in [2.75, 3.05) is 23.7 Å². The van der Waals surface area contributed by atoms with Crippen molar-refractivity contribution in [3.05, 3.63) is 17.9 Å². The van der Waals surface area contributed by atoms with Crippen molar-refractivity contribution in [1.82, 2.24) is 0 Å². The van der Waals surface area contributed by atoms with Crippen LogP contribution in [0.4, 0.5) is 24.5 Å². The topological polar surface area (TPSA) is 38.5 Å². The van der Waals surface area contributed by atoms with Crippen molar-refractivity contribution >= 4 is 11.4 Å². The first kappa shape index (κ1) is 14.8. The number of nitrogen functional groups attached to an aromatic ring is 1. The molecule has 1 aliphatic rings. The molecule has 20 heavy (non-hydrogen) atoms. The molecule has 1 aliphatic heterocycles. The zero-order chi connectivity index (χ0) is 14.7. The highest BCUT2D eigenvalue weighted by molar-refractivity contribution is 5.70. The molecule has 1 atom stereocenters. The number of rotatable bonds is 3. The van der Waals surface area contributed by atoms with Gasteiger partial charge in [0, 0.05) is 25.2 Å². The van der Waals surface area contributed by atoms with E-state index in [0.29, 0.717) is 11.6 Å². The van der Waals surface area contributed by atoms with E-state index in [1.807, 2.05) is 4.90 Å². The lowest BCUT2D eigenvalue weighted by Gasteiger charge is -2.25. The SMILES string of the molecule is CC1CCCN(c2cc(OC(F)F)c(F)cc2N)CC1. The predicted octanol–water partition coefficient (Wildman–Crippen LogP) is 3.64. The van der Waals surface area contributed by atoms with Gasteiger partial charge in [0.05, 0.1) is 11.4 Å². The lowest BCUT2D eigenvalue weighted by molar-refractivity contribution is -0.0521. The molecule has 2 N–H and O–H groups in total. The van der Waals surface area contributed by atoms with Gasteiger partial charge in [-0.1, -0.05) is 6.92 Å². The molecule has 3 nitrogen and oxygen atoms in total. The first-order valence-corrected chi connectivity index (χ1v) is 6.76. The monoisotopic (exact) mass is 288 g/mol. The van der Waals surface area contributed by atoms with Crippen LogP contribution in [0, 0.1) is 11.7 Å². The van der Waals surface area contributed by atoms with E-state index < -0.39 is 18.2 Å². The first-order valence-electron chi connectivity index (χ1n) is 6.76. The summed E-state index contributed by atoms with van der Waals surface area (Å²) in [6.45, 7) is 0.701. The summed E-state index contributed by atoms with van der Waals surface area (Å²) in [6.07, 6.45) is 3.13. The van der Waals surface area contributed by atoms with Crippen LogP contribution in [-0.4, -0.2) is 19.7 Å². The van der Waals surface area contributed by atoms with Crippen LogP contribution in [0.2, 0.25) is 0 Å². The van der Waals surface area contributed by atoms with Gasteiger partial charge < -0.3 is 15.4 Å². The van der Waals surface area contributed by atoms with Gasteiger partial charge in [-0.2, -0.15) is 8.78 Å². The fraction of sp³-hybridized carbons (Fsp3) is 0.571. The number of hydrogen-bond acceptors (Lipinski definition) is 3. The van der Waals surface area contributed by atoms with Crippen LogP contribution in [0.1, 0.15) is 26.2 Å². The zero-order valence-corrected chi connectivity index (χ0v) is 11.4. The molecule has 0 amide bonds. The number of nitrogens with two attached hydrogens (primary N) is 1. The Hall–Kier alpha value is -1.59. The third-order valence-corrected chi connectivity index (χ3v) is 3.65. The molecular formula is C14H19F3N2O. The summed E-state index contributed by atoms with van der Waals surface area (Å²) in [5.41, 5.74) is 6.63. The van der Waals surface area contributed by atoms with Crippen LogP contribution in [0.15, 0.2) is 12.1 Å². The molecule has 2 rings (SSSR count). The van der Waals surface area contributed by atoms with Gasteiger partial charge >= 0.3 is 6.61 Å². The van der Waals surface area contributed by atoms with Crippen LogP contribution >= 0.6 is 0 Å². The minimum absolute atomic E-state index is 0.249. The lowest BCUT2D eigenvalue weighted by Crippen LogP contribution is -2.25. The highest BCUT2D eigenvalue weighted by Crippen LogP contribution is 2.33. The largest absolute Gasteiger partial charge is 0.432 e. The predicted molar refractivity (Wildman–Crippen MR) is 72.7 cm³/mol. The summed E-state index contributed by atoms with van der Waals surface area (Å²) in [7, 11) is 0. The molecule has 112 valence electrons. The van der Waals surface area contributed by atoms with E-state index in [-0.39, 0.29) is 5.69 Å². The minimum Gasteiger partial charge on any atom is -0.432 e. The molecule has 1 aromatic rings. The van der Waals surface area contributed by atoms with Gasteiger partial charge in [-0.15, -0.1) is 0 Å². The molecule has 1 fully saturated rings. The van der Waals surface area contributed by atoms with E-state index in [4.69, 9.17) is 5.73 Å². The van der Waals surface area contributed by atoms with Crippen LogP contribution in [-0.2, 0) is 0 Å². The van der Waals surface area contributed by atoms with Crippen molar-refractivity contribution in [2.24, 2.45) is 5.92 Å². The van der Waals surface area contributed by atoms with Gasteiger partial charge in [0.2, 0.25) is 0 Å². The summed E-state index contributed by atoms with van der Waals surface area (Å²) in [5.74, 6) is -0.699. The van der Waals surface area contributed by atoms with Crippen LogP contribution in [0.3, 0.4) is 0 Å². The van der Waals surface area contributed by atoms with Crippen molar-refractivity contribution in [1.29, 1.82) is 0 Å². The molecule has 0 aliphatic carbocycles. The molecule has 1 aromatic carbocycles. The maximum atomic E-state index is 13.5. The maximum Gasteiger partial charge on any atom is 0.387 e. The second-order valence-electron chi connectivity index (χ2n) is 5.24. The Morgan fingerprint density at radius 1 is 1.30 bits per heavy atom. The molecule has 0 bridgehead atoms. The molecule has 6 heteroatoms. The number of hydrogen-bond donors (Lipinski definition) is 1. The number of anilines is 2. The van der Waals surface area contributed by atoms with Crippen LogP contribution < -0.4 is 15.4 Å². The molecule has 0 radical (unpaired) electrons. The lowest BCUT2D eigenvalue weighted by atomic mass is 10.0. The minimum atomic E-state index is -3.05. The smallest absolute Gasteiger partial charge is 0.387 e. The molecular weight excluding hydrogens is 269 g/mol. The fourth-order valence-corrected chi connectivity index (χ4v) is 2.52. The summed E-state index contributed by atoms with van der Waals surface area (Å²) in [6, 6.07) is 2.31. The van der Waals surface area contributed by atoms with Crippen LogP contribution in [0.5, 0.6) is 5.75 Å². The average Bonchev–Trinajstić information content (AvgIpc) is 2.57. The van der Waals surface area contributed by atoms with Gasteiger partial charge in [0.25, 0.3) is 0 Å². The Labute approximate surface area is 116 Å². The number of alkyl halides is 2. The Bertz CT molecular complexity index is 468. The second kappa shape index (κ2) is 6.24. The highest BCUT2D eigenvalue weighted by atomic mass is 19.3. The number of ether oxygens (including phenoxy) is 1. The third kappa shape index (κ3) is 3.49. The van der Waals surface area contributed by atoms with Crippen molar-refractivity contribution < 1.29 is 17.9 Å². The van der Waals surface area contributed by atoms with E-state index >= 15 is 0 Å². The molecule has 0 aromatic heterocycles. The quantitative estimate of drug-likeness (QED) is 0.863. The van der Waals surface area contributed by atoms with E-state index in [1.54, 1.807) is 0 Å². The van der Waals surface area contributed by atoms with E-state index in [9.17, 15) is 13.2 Å². The van der Waals surface area contributed by atoms with E-state index in [0.717, 1.165) is 38.4 Å². The Kier molecular flexibility index (Phi) is 4.62. The van der Waals surface area contributed by atoms with E-state index in [2.05, 4.69) is 11.7 Å². The average molecular weight is 288 g/mol. The fourth-order valence-electron chi connectivity index (χ4n) is 2.52. The van der Waals surface area contributed by atoms with Gasteiger partial charge in [-0.25, -0.2) is 4.39 Å². The Morgan fingerprint density at radius 2 is 2.05 bits per heavy atom. The van der Waals surface area contributed by atoms with Gasteiger partial charge in [0.1, 0.15) is 0 Å². The molecule has 0 saturated carbocycles. The molecule has 0 spiro atoms. The van der Waals surface area contributed by atoms with Crippen molar-refractivity contribution in [2.45, 2.75) is 32.8 Å². The summed E-state index contributed by atoms with van der Waals surface area (Å²) >= 11 is 0. The van der Waals surface area contributed by atoms with Gasteiger partial charge in [0.15, 0.2) is 11.6 Å². The summed E-state index contributed by atoms with van der Waals surface area (Å²) < 4.78 is 42.3. The van der Waals surface area contributed by atoms with E-state index in [1.165, 1.54) is 6.07 Å². The van der Waals surface area contributed by atoms with Gasteiger partial charge in [-0.05, 0) is 25.2 Å². The Morgan fingerprint density at radius 3 is 2.75 bits per heavy atom. The van der Waals surface area contributed by atoms with Crippen LogP contribution in [0.25, 0.3) is 0 Å². The molecule has 1 saturated heterocycles. The van der Waals surface area contributed by atoms with Crippen molar-refractivity contribution in [3.63, 3.8) is 0 Å². The normalized spacial score (nSPS) is 20.1. The first-order chi connectivity index (χ1) is 9.47. The van der Waals surface area contributed by atoms with Crippen molar-refractivity contribution in [3.8, 4) is 5.75 Å². The summed E-state index contributed by atoms with van der Waals surface area (Å²) in [4.78, 5) is 2.01. The second-order valence-corrected chi connectivity index (χ2v) is 5.24. The zero-order valence-electron chi connectivity index (χ0n) is 11.4. The molecule has 1 heterocycles.